The van der Waals surface area contributed by atoms with E-state index < -0.39 is 19.8 Å². The molecule has 6 nitrogen and oxygen atoms in total. The van der Waals surface area contributed by atoms with E-state index in [1.54, 1.807) is 0 Å². The first-order chi connectivity index (χ1) is 14.8. The highest BCUT2D eigenvalue weighted by Gasteiger charge is 2.19. The van der Waals surface area contributed by atoms with Gasteiger partial charge in [0.25, 0.3) is 0 Å². The summed E-state index contributed by atoms with van der Waals surface area (Å²) in [5, 5.41) is 2.91. The van der Waals surface area contributed by atoms with Crippen molar-refractivity contribution in [3.63, 3.8) is 0 Å². The van der Waals surface area contributed by atoms with Gasteiger partial charge in [-0.15, -0.1) is 0 Å². The lowest BCUT2D eigenvalue weighted by molar-refractivity contribution is 0.0505. The van der Waals surface area contributed by atoms with Crippen molar-refractivity contribution in [1.82, 2.24) is 14.9 Å². The average Bonchev–Trinajstić information content (AvgIpc) is 3.04. The first-order valence-electron chi connectivity index (χ1n) is 11.2. The third-order valence-corrected chi connectivity index (χ3v) is 7.20. The number of benzene rings is 1. The van der Waals surface area contributed by atoms with Crippen LogP contribution < -0.4 is 5.32 Å². The van der Waals surface area contributed by atoms with Crippen molar-refractivity contribution in [1.29, 1.82) is 0 Å². The number of hydrogen-bond donors (Lipinski definition) is 1. The molecular weight excluding hydrogens is 486 g/mol. The number of imidazole rings is 1. The minimum atomic E-state index is -1.14. The van der Waals surface area contributed by atoms with E-state index in [9.17, 15) is 4.79 Å². The van der Waals surface area contributed by atoms with Gasteiger partial charge in [0, 0.05) is 43.4 Å². The van der Waals surface area contributed by atoms with Crippen LogP contribution in [0.1, 0.15) is 39.9 Å². The van der Waals surface area contributed by atoms with E-state index in [1.807, 2.05) is 45.9 Å². The predicted octanol–water partition coefficient (Wildman–Crippen LogP) is 6.47. The topological polar surface area (TPSA) is 65.4 Å². The van der Waals surface area contributed by atoms with Crippen LogP contribution in [0.4, 0.5) is 4.79 Å². The third-order valence-electron chi connectivity index (χ3n) is 4.80. The van der Waals surface area contributed by atoms with E-state index in [4.69, 9.17) is 14.5 Å². The molecule has 0 radical (unpaired) electrons. The maximum Gasteiger partial charge on any atom is 0.407 e. The van der Waals surface area contributed by atoms with Gasteiger partial charge in [-0.2, -0.15) is 0 Å². The first kappa shape index (κ1) is 26.6. The Balaban J connectivity index is 2.07. The Kier molecular flexibility index (Phi) is 9.54. The van der Waals surface area contributed by atoms with Crippen molar-refractivity contribution in [2.24, 2.45) is 0 Å². The number of ether oxygens (including phenoxy) is 2. The predicted molar refractivity (Wildman–Crippen MR) is 137 cm³/mol. The van der Waals surface area contributed by atoms with Crippen LogP contribution in [0.2, 0.25) is 25.7 Å². The fourth-order valence-corrected chi connectivity index (χ4v) is 4.28. The normalized spacial score (nSPS) is 13.1. The van der Waals surface area contributed by atoms with Crippen molar-refractivity contribution in [3.05, 3.63) is 40.8 Å². The lowest BCUT2D eigenvalue weighted by Gasteiger charge is -2.22. The van der Waals surface area contributed by atoms with Crippen molar-refractivity contribution in [2.75, 3.05) is 6.61 Å². The van der Waals surface area contributed by atoms with E-state index >= 15 is 0 Å². The number of nitrogens with one attached hydrogen (secondary N) is 1. The molecule has 1 aromatic carbocycles. The number of nitrogens with zero attached hydrogens (tertiary/aromatic N) is 2. The van der Waals surface area contributed by atoms with Crippen LogP contribution in [-0.2, 0) is 22.6 Å². The van der Waals surface area contributed by atoms with Gasteiger partial charge in [-0.25, -0.2) is 9.78 Å². The minimum Gasteiger partial charge on any atom is -0.444 e. The Bertz CT molecular complexity index is 887. The quantitative estimate of drug-likeness (QED) is 0.286. The van der Waals surface area contributed by atoms with Gasteiger partial charge >= 0.3 is 6.09 Å². The Morgan fingerprint density at radius 3 is 2.56 bits per heavy atom. The molecule has 0 saturated carbocycles. The van der Waals surface area contributed by atoms with Crippen LogP contribution >= 0.6 is 15.9 Å². The molecule has 178 valence electrons. The van der Waals surface area contributed by atoms with Gasteiger partial charge in [0.15, 0.2) is 0 Å². The van der Waals surface area contributed by atoms with Crippen LogP contribution in [0.25, 0.3) is 11.3 Å². The molecule has 32 heavy (non-hydrogen) atoms. The van der Waals surface area contributed by atoms with Gasteiger partial charge in [-0.05, 0) is 46.2 Å². The van der Waals surface area contributed by atoms with E-state index in [0.717, 1.165) is 47.0 Å². The van der Waals surface area contributed by atoms with Gasteiger partial charge in [-0.3, -0.25) is 0 Å². The Hall–Kier alpha value is -1.64. The molecular formula is C24H38BrN3O3Si. The second-order valence-electron chi connectivity index (χ2n) is 10.4. The Morgan fingerprint density at radius 1 is 1.25 bits per heavy atom. The fourth-order valence-electron chi connectivity index (χ4n) is 3.03. The third kappa shape index (κ3) is 9.46. The van der Waals surface area contributed by atoms with Crippen molar-refractivity contribution in [2.45, 2.75) is 84.6 Å². The van der Waals surface area contributed by atoms with E-state index in [0.29, 0.717) is 6.73 Å². The number of rotatable bonds is 10. The molecule has 0 fully saturated rings. The zero-order chi connectivity index (χ0) is 23.9. The summed E-state index contributed by atoms with van der Waals surface area (Å²) in [7, 11) is -1.14. The van der Waals surface area contributed by atoms with Crippen LogP contribution in [0.5, 0.6) is 0 Å². The molecule has 2 aromatic rings. The number of amides is 1. The molecule has 1 atom stereocenters. The monoisotopic (exact) mass is 523 g/mol. The first-order valence-corrected chi connectivity index (χ1v) is 15.7. The van der Waals surface area contributed by atoms with Crippen molar-refractivity contribution >= 4 is 30.1 Å². The molecule has 0 bridgehead atoms. The minimum absolute atomic E-state index is 0.0327. The highest BCUT2D eigenvalue weighted by molar-refractivity contribution is 9.10. The van der Waals surface area contributed by atoms with Crippen LogP contribution in [0, 0.1) is 0 Å². The van der Waals surface area contributed by atoms with Gasteiger partial charge < -0.3 is 19.4 Å². The lowest BCUT2D eigenvalue weighted by Crippen LogP contribution is -2.38. The molecule has 1 aromatic heterocycles. The lowest BCUT2D eigenvalue weighted by atomic mass is 10.1. The van der Waals surface area contributed by atoms with Crippen LogP contribution in [0.3, 0.4) is 0 Å². The van der Waals surface area contributed by atoms with Crippen LogP contribution in [0.15, 0.2) is 34.9 Å². The van der Waals surface area contributed by atoms with Gasteiger partial charge in [-0.1, -0.05) is 53.8 Å². The zero-order valence-electron chi connectivity index (χ0n) is 20.5. The number of hydrogen-bond acceptors (Lipinski definition) is 4. The van der Waals surface area contributed by atoms with Gasteiger partial charge in [0.05, 0.1) is 5.69 Å². The summed E-state index contributed by atoms with van der Waals surface area (Å²) >= 11 is 3.63. The SMILES string of the molecule is C[C@@H](CCc1nc(-c2ccccc2Br)cn1COCC[Si](C)(C)C)NC(=O)OC(C)(C)C. The molecule has 2 rings (SSSR count). The number of alkyl carbamates (subject to hydrolysis) is 1. The van der Waals surface area contributed by atoms with E-state index in [2.05, 4.69) is 57.7 Å². The highest BCUT2D eigenvalue weighted by Crippen LogP contribution is 2.27. The molecule has 0 aliphatic rings. The van der Waals surface area contributed by atoms with Gasteiger partial charge in [0.1, 0.15) is 18.2 Å². The van der Waals surface area contributed by atoms with Crippen LogP contribution in [-0.4, -0.2) is 42.0 Å². The average molecular weight is 525 g/mol. The molecule has 0 aliphatic carbocycles. The number of aryl methyl sites for hydroxylation is 1. The second-order valence-corrected chi connectivity index (χ2v) is 16.9. The summed E-state index contributed by atoms with van der Waals surface area (Å²) in [6, 6.07) is 9.18. The standard InChI is InChI=1S/C24H38BrN3O3Si/c1-18(26-23(29)31-24(2,3)4)12-13-22-27-21(19-10-8-9-11-20(19)25)16-28(22)17-30-14-15-32(5,6)7/h8-11,16,18H,12-15,17H2,1-7H3,(H,26,29)/t18-/m0/s1. The maximum atomic E-state index is 12.1. The largest absolute Gasteiger partial charge is 0.444 e. The molecule has 1 N–H and O–H groups in total. The summed E-state index contributed by atoms with van der Waals surface area (Å²) in [6.45, 7) is 15.9. The summed E-state index contributed by atoms with van der Waals surface area (Å²) in [6.07, 6.45) is 3.13. The molecule has 0 spiro atoms. The molecule has 1 heterocycles. The smallest absolute Gasteiger partial charge is 0.407 e. The number of halogens is 1. The zero-order valence-corrected chi connectivity index (χ0v) is 23.1. The Labute approximate surface area is 202 Å². The molecule has 0 aliphatic heterocycles. The molecule has 0 saturated heterocycles. The maximum absolute atomic E-state index is 12.1. The highest BCUT2D eigenvalue weighted by atomic mass is 79.9. The number of aromatic nitrogens is 2. The summed E-state index contributed by atoms with van der Waals surface area (Å²) in [5.41, 5.74) is 1.45. The summed E-state index contributed by atoms with van der Waals surface area (Å²) in [4.78, 5) is 17.0. The summed E-state index contributed by atoms with van der Waals surface area (Å²) < 4.78 is 14.5. The molecule has 1 amide bonds. The van der Waals surface area contributed by atoms with Crippen molar-refractivity contribution < 1.29 is 14.3 Å². The summed E-state index contributed by atoms with van der Waals surface area (Å²) in [5.74, 6) is 0.946. The number of carbonyl (C=O) groups is 1. The Morgan fingerprint density at radius 2 is 1.94 bits per heavy atom. The number of carbonyl (C=O) groups excluding carboxylic acids is 1. The van der Waals surface area contributed by atoms with Crippen molar-refractivity contribution in [3.8, 4) is 11.3 Å². The van der Waals surface area contributed by atoms with Gasteiger partial charge in [0.2, 0.25) is 0 Å². The van der Waals surface area contributed by atoms with E-state index in [1.165, 1.54) is 0 Å². The second kappa shape index (κ2) is 11.5. The fraction of sp³-hybridized carbons (Fsp3) is 0.583. The molecule has 8 heteroatoms. The van der Waals surface area contributed by atoms with E-state index in [-0.39, 0.29) is 6.04 Å². The molecule has 0 unspecified atom stereocenters.